The number of hydrogen-bond acceptors (Lipinski definition) is 4. The molecular formula is C17H21N3O3. The lowest BCUT2D eigenvalue weighted by Crippen LogP contribution is -2.31. The highest BCUT2D eigenvalue weighted by atomic mass is 16.5. The Bertz CT molecular complexity index is 683. The Morgan fingerprint density at radius 1 is 1.22 bits per heavy atom. The molecule has 1 heterocycles. The lowest BCUT2D eigenvalue weighted by molar-refractivity contribution is 0.0944. The number of carbonyl (C=O) groups excluding carboxylic acids is 1. The van der Waals surface area contributed by atoms with E-state index in [1.165, 1.54) is 22.4 Å². The summed E-state index contributed by atoms with van der Waals surface area (Å²) in [5.41, 5.74) is 1.23. The second-order valence-electron chi connectivity index (χ2n) is 5.12. The molecular weight excluding hydrogens is 294 g/mol. The van der Waals surface area contributed by atoms with Crippen molar-refractivity contribution in [3.63, 3.8) is 0 Å². The third-order valence-electron chi connectivity index (χ3n) is 3.38. The van der Waals surface area contributed by atoms with Gasteiger partial charge in [-0.3, -0.25) is 9.59 Å². The van der Waals surface area contributed by atoms with Crippen molar-refractivity contribution in [2.75, 3.05) is 20.3 Å². The van der Waals surface area contributed by atoms with Gasteiger partial charge in [-0.05, 0) is 24.5 Å². The molecule has 122 valence electrons. The van der Waals surface area contributed by atoms with Gasteiger partial charge in [-0.2, -0.15) is 5.10 Å². The third-order valence-corrected chi connectivity index (χ3v) is 3.38. The number of carbonyl (C=O) groups is 1. The summed E-state index contributed by atoms with van der Waals surface area (Å²) in [7, 11) is 1.55. The molecule has 0 saturated heterocycles. The molecule has 0 aliphatic rings. The minimum Gasteiger partial charge on any atom is -0.383 e. The van der Waals surface area contributed by atoms with E-state index in [0.29, 0.717) is 19.7 Å². The number of ether oxygens (including phenoxy) is 1. The van der Waals surface area contributed by atoms with Gasteiger partial charge in [0.05, 0.1) is 13.2 Å². The average molecular weight is 315 g/mol. The number of nitrogens with one attached hydrogen (secondary N) is 1. The first-order valence-electron chi connectivity index (χ1n) is 7.60. The fourth-order valence-electron chi connectivity index (χ4n) is 2.14. The van der Waals surface area contributed by atoms with Crippen LogP contribution in [0.25, 0.3) is 0 Å². The van der Waals surface area contributed by atoms with Crippen LogP contribution in [0, 0.1) is 0 Å². The number of amides is 1. The number of aryl methyl sites for hydroxylation is 1. The molecule has 23 heavy (non-hydrogen) atoms. The molecule has 1 N–H and O–H groups in total. The highest BCUT2D eigenvalue weighted by molar-refractivity contribution is 5.91. The van der Waals surface area contributed by atoms with Crippen LogP contribution >= 0.6 is 0 Å². The molecule has 0 aliphatic carbocycles. The average Bonchev–Trinajstić information content (AvgIpc) is 2.58. The van der Waals surface area contributed by atoms with Gasteiger partial charge in [0.1, 0.15) is 5.69 Å². The van der Waals surface area contributed by atoms with Crippen molar-refractivity contribution in [3.05, 3.63) is 64.1 Å². The largest absolute Gasteiger partial charge is 0.383 e. The van der Waals surface area contributed by atoms with E-state index >= 15 is 0 Å². The Kier molecular flexibility index (Phi) is 6.50. The van der Waals surface area contributed by atoms with Gasteiger partial charge in [-0.15, -0.1) is 0 Å². The molecule has 0 fully saturated rings. The van der Waals surface area contributed by atoms with E-state index in [1.54, 1.807) is 7.11 Å². The summed E-state index contributed by atoms with van der Waals surface area (Å²) in [6, 6.07) is 12.9. The topological polar surface area (TPSA) is 73.2 Å². The summed E-state index contributed by atoms with van der Waals surface area (Å²) in [5.74, 6) is -0.274. The number of nitrogens with zero attached hydrogens (tertiary/aromatic N) is 2. The second-order valence-corrected chi connectivity index (χ2v) is 5.12. The SMILES string of the molecule is COCCn1nc(C(=O)NCCCc2ccccc2)ccc1=O. The summed E-state index contributed by atoms with van der Waals surface area (Å²) in [4.78, 5) is 23.7. The Morgan fingerprint density at radius 2 is 2.00 bits per heavy atom. The van der Waals surface area contributed by atoms with Gasteiger partial charge in [-0.25, -0.2) is 4.68 Å². The lowest BCUT2D eigenvalue weighted by Gasteiger charge is -2.07. The molecule has 1 aromatic heterocycles. The Morgan fingerprint density at radius 3 is 2.74 bits per heavy atom. The predicted octanol–water partition coefficient (Wildman–Crippen LogP) is 1.25. The normalized spacial score (nSPS) is 10.5. The summed E-state index contributed by atoms with van der Waals surface area (Å²) < 4.78 is 6.16. The number of rotatable bonds is 8. The van der Waals surface area contributed by atoms with Gasteiger partial charge in [0.2, 0.25) is 0 Å². The summed E-state index contributed by atoms with van der Waals surface area (Å²) in [6.07, 6.45) is 1.75. The van der Waals surface area contributed by atoms with Gasteiger partial charge in [0.15, 0.2) is 0 Å². The minimum absolute atomic E-state index is 0.236. The van der Waals surface area contributed by atoms with Gasteiger partial charge < -0.3 is 10.1 Å². The third kappa shape index (κ3) is 5.34. The molecule has 2 rings (SSSR count). The quantitative estimate of drug-likeness (QED) is 0.744. The van der Waals surface area contributed by atoms with Crippen molar-refractivity contribution in [1.82, 2.24) is 15.1 Å². The molecule has 6 heteroatoms. The van der Waals surface area contributed by atoms with Crippen molar-refractivity contribution < 1.29 is 9.53 Å². The fourth-order valence-corrected chi connectivity index (χ4v) is 2.14. The molecule has 0 atom stereocenters. The van der Waals surface area contributed by atoms with E-state index in [2.05, 4.69) is 22.5 Å². The van der Waals surface area contributed by atoms with E-state index < -0.39 is 0 Å². The molecule has 2 aromatic rings. The Balaban J connectivity index is 1.84. The number of aromatic nitrogens is 2. The second kappa shape index (κ2) is 8.85. The summed E-state index contributed by atoms with van der Waals surface area (Å²) in [6.45, 7) is 1.26. The zero-order valence-corrected chi connectivity index (χ0v) is 13.2. The maximum Gasteiger partial charge on any atom is 0.271 e. The van der Waals surface area contributed by atoms with Gasteiger partial charge in [0.25, 0.3) is 11.5 Å². The van der Waals surface area contributed by atoms with Crippen molar-refractivity contribution in [2.45, 2.75) is 19.4 Å². The Labute approximate surface area is 135 Å². The highest BCUT2D eigenvalue weighted by Gasteiger charge is 2.09. The number of benzene rings is 1. The van der Waals surface area contributed by atoms with Crippen LogP contribution in [-0.2, 0) is 17.7 Å². The van der Waals surface area contributed by atoms with Crippen LogP contribution in [0.1, 0.15) is 22.5 Å². The summed E-state index contributed by atoms with van der Waals surface area (Å²) in [5, 5.41) is 6.88. The molecule has 6 nitrogen and oxygen atoms in total. The molecule has 0 spiro atoms. The van der Waals surface area contributed by atoms with Crippen LogP contribution in [0.2, 0.25) is 0 Å². The standard InChI is InChI=1S/C17H21N3O3/c1-23-13-12-20-16(21)10-9-15(19-20)17(22)18-11-5-8-14-6-3-2-4-7-14/h2-4,6-7,9-10H,5,8,11-13H2,1H3,(H,18,22). The Hall–Kier alpha value is -2.47. The van der Waals surface area contributed by atoms with E-state index in [4.69, 9.17) is 4.74 Å². The lowest BCUT2D eigenvalue weighted by atomic mass is 10.1. The number of hydrogen-bond donors (Lipinski definition) is 1. The first-order valence-corrected chi connectivity index (χ1v) is 7.60. The highest BCUT2D eigenvalue weighted by Crippen LogP contribution is 2.01. The van der Waals surface area contributed by atoms with Crippen LogP contribution in [0.4, 0.5) is 0 Å². The zero-order valence-electron chi connectivity index (χ0n) is 13.2. The first-order chi connectivity index (χ1) is 11.2. The van der Waals surface area contributed by atoms with Crippen LogP contribution in [0.3, 0.4) is 0 Å². The molecule has 0 aliphatic heterocycles. The molecule has 0 bridgehead atoms. The van der Waals surface area contributed by atoms with E-state index in [0.717, 1.165) is 12.8 Å². The smallest absolute Gasteiger partial charge is 0.271 e. The van der Waals surface area contributed by atoms with Crippen LogP contribution in [-0.4, -0.2) is 35.9 Å². The van der Waals surface area contributed by atoms with Crippen molar-refractivity contribution in [2.24, 2.45) is 0 Å². The van der Waals surface area contributed by atoms with Crippen LogP contribution in [0.15, 0.2) is 47.3 Å². The molecule has 1 amide bonds. The maximum atomic E-state index is 12.1. The van der Waals surface area contributed by atoms with E-state index in [1.807, 2.05) is 18.2 Å². The van der Waals surface area contributed by atoms with Crippen LogP contribution in [0.5, 0.6) is 0 Å². The first kappa shape index (κ1) is 16.9. The molecule has 0 saturated carbocycles. The van der Waals surface area contributed by atoms with E-state index in [9.17, 15) is 9.59 Å². The van der Waals surface area contributed by atoms with Gasteiger partial charge >= 0.3 is 0 Å². The van der Waals surface area contributed by atoms with Crippen molar-refractivity contribution in [3.8, 4) is 0 Å². The van der Waals surface area contributed by atoms with Gasteiger partial charge in [-0.1, -0.05) is 30.3 Å². The van der Waals surface area contributed by atoms with E-state index in [-0.39, 0.29) is 17.2 Å². The minimum atomic E-state index is -0.274. The van der Waals surface area contributed by atoms with Crippen molar-refractivity contribution >= 4 is 5.91 Å². The molecule has 0 radical (unpaired) electrons. The molecule has 0 unspecified atom stereocenters. The monoisotopic (exact) mass is 315 g/mol. The predicted molar refractivity (Wildman–Crippen MR) is 87.5 cm³/mol. The zero-order chi connectivity index (χ0) is 16.5. The van der Waals surface area contributed by atoms with Gasteiger partial charge in [0, 0.05) is 19.7 Å². The number of methoxy groups -OCH3 is 1. The fraction of sp³-hybridized carbons (Fsp3) is 0.353. The molecule has 1 aromatic carbocycles. The van der Waals surface area contributed by atoms with Crippen LogP contribution < -0.4 is 10.9 Å². The maximum absolute atomic E-state index is 12.1. The van der Waals surface area contributed by atoms with Crippen molar-refractivity contribution in [1.29, 1.82) is 0 Å². The summed E-state index contributed by atoms with van der Waals surface area (Å²) >= 11 is 0.